The van der Waals surface area contributed by atoms with Crippen LogP contribution in [0, 0.1) is 11.8 Å². The molecule has 1 saturated heterocycles. The van der Waals surface area contributed by atoms with E-state index in [1.54, 1.807) is 12.1 Å². The first-order valence-corrected chi connectivity index (χ1v) is 15.3. The van der Waals surface area contributed by atoms with Crippen molar-refractivity contribution in [1.82, 2.24) is 0 Å². The first-order chi connectivity index (χ1) is 19.1. The molecule has 3 aromatic rings. The quantitative estimate of drug-likeness (QED) is 0.428. The molecule has 0 radical (unpaired) electrons. The Morgan fingerprint density at radius 2 is 1.88 bits per heavy atom. The Bertz CT molecular complexity index is 1880. The maximum atomic E-state index is 13.2. The van der Waals surface area contributed by atoms with Crippen molar-refractivity contribution in [2.24, 2.45) is 11.8 Å². The number of anilines is 1. The van der Waals surface area contributed by atoms with Gasteiger partial charge in [0.15, 0.2) is 5.78 Å². The van der Waals surface area contributed by atoms with Crippen molar-refractivity contribution in [2.75, 3.05) is 11.4 Å². The molecule has 10 heteroatoms. The van der Waals surface area contributed by atoms with Crippen molar-refractivity contribution in [3.05, 3.63) is 88.0 Å². The first-order valence-electron chi connectivity index (χ1n) is 13.1. The summed E-state index contributed by atoms with van der Waals surface area (Å²) in [6.07, 6.45) is 2.20. The Kier molecular flexibility index (Phi) is 4.99. The molecule has 4 bridgehead atoms. The molecule has 40 heavy (non-hydrogen) atoms. The third-order valence-corrected chi connectivity index (χ3v) is 10.6. The number of rotatable bonds is 3. The normalized spacial score (nSPS) is 29.6. The van der Waals surface area contributed by atoms with Gasteiger partial charge in [0.25, 0.3) is 0 Å². The van der Waals surface area contributed by atoms with Crippen molar-refractivity contribution in [2.45, 2.75) is 36.0 Å². The van der Waals surface area contributed by atoms with E-state index in [0.29, 0.717) is 33.5 Å². The Morgan fingerprint density at radius 3 is 2.65 bits per heavy atom. The minimum absolute atomic E-state index is 0.0208. The molecule has 0 saturated carbocycles. The minimum atomic E-state index is -4.88. The lowest BCUT2D eigenvalue weighted by Gasteiger charge is -2.41. The van der Waals surface area contributed by atoms with Crippen LogP contribution >= 0.6 is 11.8 Å². The minimum Gasteiger partial charge on any atom is -0.386 e. The predicted molar refractivity (Wildman–Crippen MR) is 150 cm³/mol. The SMILES string of the molecule is CC1=CC(=O)[C@H]2c3ccccc3[C@H]3[C@@H]1[C@@H]2CN3c1ccc2c3c(c4c(cc13)C=C[C@@H](O)[C@@H]4OS(=O)(=O)O)SC2=O. The van der Waals surface area contributed by atoms with E-state index in [-0.39, 0.29) is 34.7 Å². The van der Waals surface area contributed by atoms with Crippen molar-refractivity contribution in [1.29, 1.82) is 0 Å². The number of carbonyl (C=O) groups excluding carboxylic acids is 2. The molecule has 0 unspecified atom stereocenters. The van der Waals surface area contributed by atoms with E-state index in [4.69, 9.17) is 4.18 Å². The van der Waals surface area contributed by atoms with Crippen LogP contribution in [0.2, 0.25) is 0 Å². The number of nitrogens with zero attached hydrogens (tertiary/aromatic N) is 1. The number of hydrogen-bond acceptors (Lipinski definition) is 8. The molecule has 8 nitrogen and oxygen atoms in total. The van der Waals surface area contributed by atoms with Crippen LogP contribution in [-0.4, -0.2) is 41.6 Å². The highest BCUT2D eigenvalue weighted by molar-refractivity contribution is 8.14. The third kappa shape index (κ3) is 3.22. The molecule has 8 rings (SSSR count). The van der Waals surface area contributed by atoms with Crippen LogP contribution in [0.3, 0.4) is 0 Å². The van der Waals surface area contributed by atoms with Crippen LogP contribution in [0.25, 0.3) is 16.8 Å². The average molecular weight is 574 g/mol. The first kappa shape index (κ1) is 24.5. The van der Waals surface area contributed by atoms with Gasteiger partial charge in [-0.2, -0.15) is 8.42 Å². The Labute approximate surface area is 234 Å². The highest BCUT2D eigenvalue weighted by Crippen LogP contribution is 2.60. The van der Waals surface area contributed by atoms with Gasteiger partial charge in [-0.3, -0.25) is 14.1 Å². The van der Waals surface area contributed by atoms with E-state index >= 15 is 0 Å². The number of ketones is 1. The van der Waals surface area contributed by atoms with Crippen molar-refractivity contribution < 1.29 is 31.8 Å². The number of carbonyl (C=O) groups is 2. The smallest absolute Gasteiger partial charge is 0.386 e. The number of benzene rings is 3. The van der Waals surface area contributed by atoms with E-state index in [0.717, 1.165) is 39.5 Å². The number of thioether (sulfide) groups is 1. The number of hydrogen-bond donors (Lipinski definition) is 2. The van der Waals surface area contributed by atoms with Crippen LogP contribution in [0.1, 0.15) is 57.6 Å². The number of aliphatic hydroxyl groups excluding tert-OH is 1. The van der Waals surface area contributed by atoms with Gasteiger partial charge in [0.1, 0.15) is 12.2 Å². The fourth-order valence-corrected chi connectivity index (χ4v) is 9.38. The molecular formula is C30H23NO7S2. The molecular weight excluding hydrogens is 550 g/mol. The predicted octanol–water partition coefficient (Wildman–Crippen LogP) is 4.75. The van der Waals surface area contributed by atoms with E-state index in [1.807, 2.05) is 37.3 Å². The lowest BCUT2D eigenvalue weighted by atomic mass is 9.62. The van der Waals surface area contributed by atoms with Crippen molar-refractivity contribution in [3.8, 4) is 0 Å². The topological polar surface area (TPSA) is 121 Å². The van der Waals surface area contributed by atoms with Gasteiger partial charge in [-0.25, -0.2) is 4.18 Å². The van der Waals surface area contributed by atoms with E-state index in [1.165, 1.54) is 6.08 Å². The van der Waals surface area contributed by atoms with Gasteiger partial charge < -0.3 is 10.0 Å². The second-order valence-electron chi connectivity index (χ2n) is 11.1. The molecule has 5 aliphatic rings. The number of aliphatic hydroxyl groups is 1. The molecule has 0 aromatic heterocycles. The van der Waals surface area contributed by atoms with Gasteiger partial charge in [0, 0.05) is 44.9 Å². The summed E-state index contributed by atoms with van der Waals surface area (Å²) in [5.74, 6) is 0.285. The molecule has 3 aromatic carbocycles. The van der Waals surface area contributed by atoms with Gasteiger partial charge in [0.05, 0.1) is 12.0 Å². The van der Waals surface area contributed by atoms with Gasteiger partial charge >= 0.3 is 10.4 Å². The highest BCUT2D eigenvalue weighted by atomic mass is 32.3. The average Bonchev–Trinajstić information content (AvgIpc) is 3.40. The van der Waals surface area contributed by atoms with Crippen LogP contribution in [0.4, 0.5) is 5.69 Å². The number of fused-ring (bicyclic) bond motifs is 5. The van der Waals surface area contributed by atoms with E-state index < -0.39 is 22.6 Å². The fourth-order valence-electron chi connectivity index (χ4n) is 7.77. The summed E-state index contributed by atoms with van der Waals surface area (Å²) in [4.78, 5) is 29.3. The standard InChI is InChI=1S/C30H23NO7S2/c1-13-10-22(33)25-15-4-2-3-5-16(15)27-23(13)19(25)12-31(27)20-8-7-17-26-18(20)11-14-6-9-21(32)28(38-40(35,36)37)24(14)29(26)39-30(17)34/h2-11,19,21,23,25,27-28,32H,12H2,1H3,(H,35,36,37)/t19-,21+,23-,25-,27-,28-/m0/s1. The zero-order valence-corrected chi connectivity index (χ0v) is 22.8. The highest BCUT2D eigenvalue weighted by Gasteiger charge is 2.55. The van der Waals surface area contributed by atoms with Gasteiger partial charge in [0.2, 0.25) is 5.12 Å². The van der Waals surface area contributed by atoms with Crippen molar-refractivity contribution in [3.63, 3.8) is 0 Å². The van der Waals surface area contributed by atoms with Gasteiger partial charge in [-0.1, -0.05) is 42.0 Å². The Hall–Kier alpha value is -3.28. The molecule has 1 fully saturated rings. The molecule has 0 amide bonds. The molecule has 3 aliphatic carbocycles. The van der Waals surface area contributed by atoms with Crippen LogP contribution < -0.4 is 4.90 Å². The zero-order chi connectivity index (χ0) is 27.7. The van der Waals surface area contributed by atoms with Crippen LogP contribution in [0.5, 0.6) is 0 Å². The van der Waals surface area contributed by atoms with Crippen LogP contribution in [-0.2, 0) is 19.4 Å². The second-order valence-corrected chi connectivity index (χ2v) is 13.2. The maximum absolute atomic E-state index is 13.2. The third-order valence-electron chi connectivity index (χ3n) is 9.15. The molecule has 0 spiro atoms. The van der Waals surface area contributed by atoms with Gasteiger partial charge in [-0.05, 0) is 65.6 Å². The fraction of sp³-hybridized carbons (Fsp3) is 0.267. The summed E-state index contributed by atoms with van der Waals surface area (Å²) in [7, 11) is -4.88. The molecule has 2 aliphatic heterocycles. The summed E-state index contributed by atoms with van der Waals surface area (Å²) in [5.41, 5.74) is 5.72. The lowest BCUT2D eigenvalue weighted by Crippen LogP contribution is -2.36. The van der Waals surface area contributed by atoms with Crippen LogP contribution in [0.15, 0.2) is 65.1 Å². The summed E-state index contributed by atoms with van der Waals surface area (Å²) >= 11 is 0.979. The molecule has 2 heterocycles. The molecule has 6 atom stereocenters. The molecule has 2 N–H and O–H groups in total. The Morgan fingerprint density at radius 1 is 1.10 bits per heavy atom. The van der Waals surface area contributed by atoms with Crippen molar-refractivity contribution >= 4 is 55.6 Å². The summed E-state index contributed by atoms with van der Waals surface area (Å²) < 4.78 is 37.7. The summed E-state index contributed by atoms with van der Waals surface area (Å²) in [6.45, 7) is 2.72. The lowest BCUT2D eigenvalue weighted by molar-refractivity contribution is -0.118. The largest absolute Gasteiger partial charge is 0.398 e. The zero-order valence-electron chi connectivity index (χ0n) is 21.1. The molecule has 202 valence electrons. The monoisotopic (exact) mass is 573 g/mol. The number of allylic oxidation sites excluding steroid dienone is 1. The maximum Gasteiger partial charge on any atom is 0.398 e. The van der Waals surface area contributed by atoms with E-state index in [9.17, 15) is 27.7 Å². The Balaban J connectivity index is 1.36. The summed E-state index contributed by atoms with van der Waals surface area (Å²) in [5, 5.41) is 11.9. The second kappa shape index (κ2) is 8.14. The van der Waals surface area contributed by atoms with E-state index in [2.05, 4.69) is 17.0 Å². The summed E-state index contributed by atoms with van der Waals surface area (Å²) in [6, 6.07) is 13.9. The van der Waals surface area contributed by atoms with Gasteiger partial charge in [-0.15, -0.1) is 0 Å².